The molecule has 0 bridgehead atoms. The lowest BCUT2D eigenvalue weighted by Crippen LogP contribution is -2.26. The maximum atomic E-state index is 10.1. The number of thiazole rings is 1. The van der Waals surface area contributed by atoms with E-state index in [1.807, 2.05) is 6.92 Å². The third-order valence-electron chi connectivity index (χ3n) is 2.64. The highest BCUT2D eigenvalue weighted by Crippen LogP contribution is 2.26. The summed E-state index contributed by atoms with van der Waals surface area (Å²) in [6.07, 6.45) is 2.50. The summed E-state index contributed by atoms with van der Waals surface area (Å²) in [5.41, 5.74) is 0.618. The van der Waals surface area contributed by atoms with Crippen molar-refractivity contribution in [2.24, 2.45) is 0 Å². The van der Waals surface area contributed by atoms with E-state index in [2.05, 4.69) is 38.1 Å². The summed E-state index contributed by atoms with van der Waals surface area (Å²) < 4.78 is 0. The fraction of sp³-hybridized carbons (Fsp3) is 0.769. The van der Waals surface area contributed by atoms with Crippen molar-refractivity contribution in [3.63, 3.8) is 0 Å². The number of hydrogen-bond acceptors (Lipinski definition) is 3. The van der Waals surface area contributed by atoms with E-state index in [4.69, 9.17) is 0 Å². The number of aromatic nitrogens is 1. The highest BCUT2D eigenvalue weighted by atomic mass is 32.1. The number of hydrogen-bond donors (Lipinski definition) is 1. The van der Waals surface area contributed by atoms with Crippen LogP contribution in [-0.2, 0) is 11.8 Å². The van der Waals surface area contributed by atoms with Gasteiger partial charge in [-0.3, -0.25) is 0 Å². The second kappa shape index (κ2) is 4.84. The molecule has 16 heavy (non-hydrogen) atoms. The minimum atomic E-state index is -0.609. The Morgan fingerprint density at radius 3 is 2.38 bits per heavy atom. The lowest BCUT2D eigenvalue weighted by atomic mass is 9.93. The molecule has 0 saturated carbocycles. The van der Waals surface area contributed by atoms with Crippen LogP contribution in [0.4, 0.5) is 0 Å². The fourth-order valence-electron chi connectivity index (χ4n) is 1.69. The molecule has 1 unspecified atom stereocenters. The monoisotopic (exact) mass is 241 g/mol. The van der Waals surface area contributed by atoms with Gasteiger partial charge in [0, 0.05) is 17.2 Å². The van der Waals surface area contributed by atoms with Crippen molar-refractivity contribution in [3.05, 3.63) is 16.1 Å². The van der Waals surface area contributed by atoms with Crippen molar-refractivity contribution < 1.29 is 5.11 Å². The zero-order valence-corrected chi connectivity index (χ0v) is 11.8. The van der Waals surface area contributed by atoms with E-state index in [0.717, 1.165) is 23.5 Å². The van der Waals surface area contributed by atoms with Gasteiger partial charge in [-0.05, 0) is 13.3 Å². The van der Waals surface area contributed by atoms with Crippen LogP contribution in [0.5, 0.6) is 0 Å². The Morgan fingerprint density at radius 2 is 1.94 bits per heavy atom. The van der Waals surface area contributed by atoms with Crippen LogP contribution in [0, 0.1) is 0 Å². The van der Waals surface area contributed by atoms with E-state index in [-0.39, 0.29) is 5.41 Å². The lowest BCUT2D eigenvalue weighted by Gasteiger charge is -2.21. The zero-order chi connectivity index (χ0) is 12.4. The van der Waals surface area contributed by atoms with Crippen molar-refractivity contribution >= 4 is 11.3 Å². The molecule has 2 nitrogen and oxygen atoms in total. The SMILES string of the molecule is CCCC(C)(O)Cc1nc(C(C)(C)C)cs1. The summed E-state index contributed by atoms with van der Waals surface area (Å²) in [7, 11) is 0. The number of aliphatic hydroxyl groups is 1. The molecule has 0 aliphatic carbocycles. The molecular weight excluding hydrogens is 218 g/mol. The minimum Gasteiger partial charge on any atom is -0.390 e. The Morgan fingerprint density at radius 1 is 1.31 bits per heavy atom. The Kier molecular flexibility index (Phi) is 4.13. The van der Waals surface area contributed by atoms with Gasteiger partial charge in [0.05, 0.1) is 16.3 Å². The molecule has 0 aliphatic rings. The summed E-state index contributed by atoms with van der Waals surface area (Å²) in [6, 6.07) is 0. The molecule has 1 atom stereocenters. The molecule has 92 valence electrons. The number of rotatable bonds is 4. The quantitative estimate of drug-likeness (QED) is 0.874. The van der Waals surface area contributed by atoms with Gasteiger partial charge in [-0.2, -0.15) is 0 Å². The maximum Gasteiger partial charge on any atom is 0.0957 e. The predicted octanol–water partition coefficient (Wildman–Crippen LogP) is 3.53. The maximum absolute atomic E-state index is 10.1. The molecule has 0 saturated heterocycles. The largest absolute Gasteiger partial charge is 0.390 e. The first kappa shape index (κ1) is 13.7. The predicted molar refractivity (Wildman–Crippen MR) is 70.0 cm³/mol. The van der Waals surface area contributed by atoms with Crippen molar-refractivity contribution in [1.82, 2.24) is 4.98 Å². The third-order valence-corrected chi connectivity index (χ3v) is 3.49. The van der Waals surface area contributed by atoms with Crippen molar-refractivity contribution in [3.8, 4) is 0 Å². The van der Waals surface area contributed by atoms with Gasteiger partial charge in [0.25, 0.3) is 0 Å². The Balaban J connectivity index is 2.73. The Hall–Kier alpha value is -0.410. The zero-order valence-electron chi connectivity index (χ0n) is 11.0. The second-order valence-corrected chi connectivity index (χ2v) is 6.74. The lowest BCUT2D eigenvalue weighted by molar-refractivity contribution is 0.0504. The molecular formula is C13H23NOS. The summed E-state index contributed by atoms with van der Waals surface area (Å²) in [6.45, 7) is 10.5. The molecule has 0 radical (unpaired) electrons. The average Bonchev–Trinajstić information content (AvgIpc) is 2.50. The first-order chi connectivity index (χ1) is 7.24. The molecule has 0 fully saturated rings. The second-order valence-electron chi connectivity index (χ2n) is 5.80. The van der Waals surface area contributed by atoms with Gasteiger partial charge in [-0.25, -0.2) is 4.98 Å². The summed E-state index contributed by atoms with van der Waals surface area (Å²) >= 11 is 1.66. The van der Waals surface area contributed by atoms with E-state index in [1.165, 1.54) is 0 Å². The summed E-state index contributed by atoms with van der Waals surface area (Å²) in [4.78, 5) is 4.61. The molecule has 1 N–H and O–H groups in total. The molecule has 0 aliphatic heterocycles. The Labute approximate surface area is 103 Å². The highest BCUT2D eigenvalue weighted by Gasteiger charge is 2.23. The molecule has 1 aromatic heterocycles. The molecule has 0 aromatic carbocycles. The highest BCUT2D eigenvalue weighted by molar-refractivity contribution is 7.09. The van der Waals surface area contributed by atoms with Crippen LogP contribution in [0.1, 0.15) is 58.2 Å². The van der Waals surface area contributed by atoms with Gasteiger partial charge in [-0.15, -0.1) is 11.3 Å². The van der Waals surface area contributed by atoms with Crippen LogP contribution >= 0.6 is 11.3 Å². The minimum absolute atomic E-state index is 0.103. The molecule has 1 heterocycles. The van der Waals surface area contributed by atoms with Crippen molar-refractivity contribution in [2.75, 3.05) is 0 Å². The smallest absolute Gasteiger partial charge is 0.0957 e. The average molecular weight is 241 g/mol. The van der Waals surface area contributed by atoms with Gasteiger partial charge in [0.1, 0.15) is 0 Å². The molecule has 1 aromatic rings. The van der Waals surface area contributed by atoms with E-state index >= 15 is 0 Å². The van der Waals surface area contributed by atoms with Gasteiger partial charge in [0.15, 0.2) is 0 Å². The molecule has 3 heteroatoms. The van der Waals surface area contributed by atoms with E-state index in [0.29, 0.717) is 6.42 Å². The van der Waals surface area contributed by atoms with E-state index in [1.54, 1.807) is 11.3 Å². The van der Waals surface area contributed by atoms with Crippen molar-refractivity contribution in [1.29, 1.82) is 0 Å². The summed E-state index contributed by atoms with van der Waals surface area (Å²) in [5.74, 6) is 0. The van der Waals surface area contributed by atoms with Gasteiger partial charge in [0.2, 0.25) is 0 Å². The molecule has 1 rings (SSSR count). The van der Waals surface area contributed by atoms with Crippen LogP contribution in [-0.4, -0.2) is 15.7 Å². The normalized spacial score (nSPS) is 16.1. The van der Waals surface area contributed by atoms with Crippen LogP contribution in [0.3, 0.4) is 0 Å². The van der Waals surface area contributed by atoms with Crippen molar-refractivity contribution in [2.45, 2.75) is 64.9 Å². The van der Waals surface area contributed by atoms with Crippen LogP contribution in [0.15, 0.2) is 5.38 Å². The molecule has 0 amide bonds. The summed E-state index contributed by atoms with van der Waals surface area (Å²) in [5, 5.41) is 13.3. The first-order valence-electron chi connectivity index (χ1n) is 5.92. The fourth-order valence-corrected chi connectivity index (χ4v) is 2.89. The number of nitrogens with zero attached hydrogens (tertiary/aromatic N) is 1. The van der Waals surface area contributed by atoms with Gasteiger partial charge in [-0.1, -0.05) is 34.1 Å². The van der Waals surface area contributed by atoms with Crippen LogP contribution < -0.4 is 0 Å². The van der Waals surface area contributed by atoms with Gasteiger partial charge >= 0.3 is 0 Å². The Bertz CT molecular complexity index is 336. The molecule has 0 spiro atoms. The van der Waals surface area contributed by atoms with Crippen LogP contribution in [0.2, 0.25) is 0 Å². The van der Waals surface area contributed by atoms with E-state index < -0.39 is 5.60 Å². The topological polar surface area (TPSA) is 33.1 Å². The van der Waals surface area contributed by atoms with E-state index in [9.17, 15) is 5.11 Å². The van der Waals surface area contributed by atoms with Crippen LogP contribution in [0.25, 0.3) is 0 Å². The third kappa shape index (κ3) is 3.87. The van der Waals surface area contributed by atoms with Gasteiger partial charge < -0.3 is 5.11 Å². The first-order valence-corrected chi connectivity index (χ1v) is 6.80. The standard InChI is InChI=1S/C13H23NOS/c1-6-7-13(5,15)8-11-14-10(9-16-11)12(2,3)4/h9,15H,6-8H2,1-5H3.